The summed E-state index contributed by atoms with van der Waals surface area (Å²) >= 11 is 0. The molecule has 0 atom stereocenters. The number of ether oxygens (including phenoxy) is 1. The number of methoxy groups -OCH3 is 1. The molecule has 0 radical (unpaired) electrons. The Kier molecular flexibility index (Phi) is 8.81. The zero-order valence-corrected chi connectivity index (χ0v) is 17.6. The van der Waals surface area contributed by atoms with Gasteiger partial charge >= 0.3 is 0 Å². The molecule has 0 amide bonds. The van der Waals surface area contributed by atoms with Crippen molar-refractivity contribution in [2.45, 2.75) is 71.6 Å². The molecule has 150 valence electrons. The Balaban J connectivity index is 2.60. The minimum absolute atomic E-state index is 0.452. The number of benzene rings is 1. The van der Waals surface area contributed by atoms with Crippen molar-refractivity contribution in [1.82, 2.24) is 0 Å². The van der Waals surface area contributed by atoms with E-state index in [1.165, 1.54) is 43.4 Å². The van der Waals surface area contributed by atoms with E-state index in [2.05, 4.69) is 24.9 Å². The Morgan fingerprint density at radius 3 is 2.36 bits per heavy atom. The van der Waals surface area contributed by atoms with Crippen molar-refractivity contribution in [3.8, 4) is 22.9 Å². The number of anilines is 1. The summed E-state index contributed by atoms with van der Waals surface area (Å²) in [4.78, 5) is 3.36. The lowest BCUT2D eigenvalue weighted by Crippen LogP contribution is -2.23. The van der Waals surface area contributed by atoms with Gasteiger partial charge in [-0.3, -0.25) is 5.73 Å². The first kappa shape index (κ1) is 21.8. The maximum atomic E-state index is 9.87. The second-order valence-electron chi connectivity index (χ2n) is 7.33. The van der Waals surface area contributed by atoms with Gasteiger partial charge in [-0.25, -0.2) is 4.98 Å². The second-order valence-corrected chi connectivity index (χ2v) is 7.33. The molecule has 0 aliphatic heterocycles. The lowest BCUT2D eigenvalue weighted by molar-refractivity contribution is -0.374. The number of nitrogen functional groups attached to an aromatic ring is 1. The number of H-pyrrole nitrogens is 1. The summed E-state index contributed by atoms with van der Waals surface area (Å²) in [6.07, 6.45) is 10.1. The van der Waals surface area contributed by atoms with Gasteiger partial charge in [-0.2, -0.15) is 5.26 Å². The van der Waals surface area contributed by atoms with E-state index in [1.54, 1.807) is 7.11 Å². The molecular weight excluding hydrogens is 346 g/mol. The van der Waals surface area contributed by atoms with Gasteiger partial charge in [0, 0.05) is 23.1 Å². The van der Waals surface area contributed by atoms with Gasteiger partial charge in [-0.05, 0) is 25.3 Å². The molecule has 1 aromatic carbocycles. The standard InChI is InChI=1S/C24H33N3O/c1-4-6-8-10-15-21-18(13-9-7-5-2)23(20(17-25)24(26)27-21)19-14-11-12-16-22(19)28-3/h11-12,14,16H,4-10,13,15H2,1-3H3,(H2,26,27)/p+1. The molecule has 1 heterocycles. The van der Waals surface area contributed by atoms with Crippen LogP contribution in [-0.2, 0) is 12.8 Å². The van der Waals surface area contributed by atoms with Crippen LogP contribution in [0.15, 0.2) is 24.3 Å². The van der Waals surface area contributed by atoms with Crippen LogP contribution in [-0.4, -0.2) is 7.11 Å². The van der Waals surface area contributed by atoms with E-state index < -0.39 is 0 Å². The van der Waals surface area contributed by atoms with E-state index in [-0.39, 0.29) is 0 Å². The van der Waals surface area contributed by atoms with Crippen molar-refractivity contribution in [3.63, 3.8) is 0 Å². The fourth-order valence-electron chi connectivity index (χ4n) is 3.77. The monoisotopic (exact) mass is 380 g/mol. The molecule has 0 spiro atoms. The molecule has 2 rings (SSSR count). The third-order valence-electron chi connectivity index (χ3n) is 5.27. The second kappa shape index (κ2) is 11.3. The Morgan fingerprint density at radius 2 is 1.68 bits per heavy atom. The van der Waals surface area contributed by atoms with Crippen molar-refractivity contribution in [1.29, 1.82) is 5.26 Å². The summed E-state index contributed by atoms with van der Waals surface area (Å²) in [7, 11) is 1.67. The van der Waals surface area contributed by atoms with Crippen LogP contribution in [0.5, 0.6) is 5.75 Å². The van der Waals surface area contributed by atoms with Gasteiger partial charge in [0.15, 0.2) is 0 Å². The van der Waals surface area contributed by atoms with Gasteiger partial charge in [0.05, 0.1) is 7.11 Å². The van der Waals surface area contributed by atoms with Crippen LogP contribution >= 0.6 is 0 Å². The molecule has 2 aromatic rings. The number of nitriles is 1. The number of nitrogens with two attached hydrogens (primary N) is 1. The van der Waals surface area contributed by atoms with Crippen molar-refractivity contribution in [3.05, 3.63) is 41.1 Å². The molecule has 1 aromatic heterocycles. The van der Waals surface area contributed by atoms with E-state index in [1.807, 2.05) is 24.3 Å². The zero-order valence-electron chi connectivity index (χ0n) is 17.6. The number of nitrogens with one attached hydrogen (secondary N) is 1. The maximum Gasteiger partial charge on any atom is 0.289 e. The smallest absolute Gasteiger partial charge is 0.289 e. The lowest BCUT2D eigenvalue weighted by Gasteiger charge is -2.17. The molecular formula is C24H34N3O+. The van der Waals surface area contributed by atoms with Crippen LogP contribution in [0.3, 0.4) is 0 Å². The molecule has 28 heavy (non-hydrogen) atoms. The fourth-order valence-corrected chi connectivity index (χ4v) is 3.77. The summed E-state index contributed by atoms with van der Waals surface area (Å²) in [6, 6.07) is 10.2. The topological polar surface area (TPSA) is 73.2 Å². The van der Waals surface area contributed by atoms with Gasteiger partial charge < -0.3 is 4.74 Å². The highest BCUT2D eigenvalue weighted by Gasteiger charge is 2.24. The third kappa shape index (κ3) is 5.25. The van der Waals surface area contributed by atoms with E-state index in [9.17, 15) is 5.26 Å². The van der Waals surface area contributed by atoms with Gasteiger partial charge in [-0.1, -0.05) is 64.2 Å². The van der Waals surface area contributed by atoms with E-state index in [0.29, 0.717) is 11.4 Å². The molecule has 0 unspecified atom stereocenters. The van der Waals surface area contributed by atoms with Gasteiger partial charge in [-0.15, -0.1) is 0 Å². The van der Waals surface area contributed by atoms with Crippen molar-refractivity contribution < 1.29 is 9.72 Å². The van der Waals surface area contributed by atoms with Gasteiger partial charge in [0.2, 0.25) is 0 Å². The number of rotatable bonds is 11. The molecule has 0 bridgehead atoms. The fraction of sp³-hybridized carbons (Fsp3) is 0.500. The number of pyridine rings is 1. The Morgan fingerprint density at radius 1 is 1.00 bits per heavy atom. The summed E-state index contributed by atoms with van der Waals surface area (Å²) in [5.74, 6) is 1.23. The number of nitrogens with zero attached hydrogens (tertiary/aromatic N) is 1. The minimum atomic E-state index is 0.452. The highest BCUT2D eigenvalue weighted by atomic mass is 16.5. The average Bonchev–Trinajstić information content (AvgIpc) is 2.72. The summed E-state index contributed by atoms with van der Waals surface area (Å²) in [5, 5.41) is 9.87. The third-order valence-corrected chi connectivity index (χ3v) is 5.27. The first-order valence-electron chi connectivity index (χ1n) is 10.6. The molecule has 3 N–H and O–H groups in total. The molecule has 0 saturated heterocycles. The summed E-state index contributed by atoms with van der Waals surface area (Å²) < 4.78 is 5.61. The highest BCUT2D eigenvalue weighted by Crippen LogP contribution is 2.37. The normalized spacial score (nSPS) is 10.6. The van der Waals surface area contributed by atoms with Crippen LogP contribution in [0.4, 0.5) is 5.82 Å². The quantitative estimate of drug-likeness (QED) is 0.524. The van der Waals surface area contributed by atoms with Crippen molar-refractivity contribution in [2.75, 3.05) is 12.8 Å². The molecule has 0 aliphatic carbocycles. The molecule has 4 nitrogen and oxygen atoms in total. The highest BCUT2D eigenvalue weighted by molar-refractivity contribution is 5.81. The molecule has 4 heteroatoms. The lowest BCUT2D eigenvalue weighted by atomic mass is 9.89. The summed E-state index contributed by atoms with van der Waals surface area (Å²) in [5.41, 5.74) is 11.1. The Labute approximate surface area is 169 Å². The first-order valence-corrected chi connectivity index (χ1v) is 10.6. The minimum Gasteiger partial charge on any atom is -0.496 e. The van der Waals surface area contributed by atoms with Crippen LogP contribution < -0.4 is 15.5 Å². The molecule has 0 aliphatic rings. The predicted octanol–water partition coefficient (Wildman–Crippen LogP) is 5.49. The number of hydrogen-bond acceptors (Lipinski definition) is 3. The van der Waals surface area contributed by atoms with E-state index in [0.717, 1.165) is 42.6 Å². The number of aromatic amines is 1. The van der Waals surface area contributed by atoms with Crippen LogP contribution in [0.1, 0.15) is 75.6 Å². The van der Waals surface area contributed by atoms with Gasteiger partial charge in [0.1, 0.15) is 23.1 Å². The molecule has 0 saturated carbocycles. The number of hydrogen-bond donors (Lipinski definition) is 1. The largest absolute Gasteiger partial charge is 0.496 e. The van der Waals surface area contributed by atoms with E-state index in [4.69, 9.17) is 10.5 Å². The first-order chi connectivity index (χ1) is 13.7. The Hall–Kier alpha value is -2.54. The summed E-state index contributed by atoms with van der Waals surface area (Å²) in [6.45, 7) is 4.43. The van der Waals surface area contributed by atoms with Crippen LogP contribution in [0.2, 0.25) is 0 Å². The van der Waals surface area contributed by atoms with Crippen molar-refractivity contribution in [2.24, 2.45) is 0 Å². The average molecular weight is 381 g/mol. The van der Waals surface area contributed by atoms with Crippen molar-refractivity contribution >= 4 is 5.82 Å². The zero-order chi connectivity index (χ0) is 20.4. The number of aryl methyl sites for hydroxylation is 1. The SMILES string of the molecule is CCCCCCc1[nH+]c(N)c(C#N)c(-c2ccccc2OC)c1CCCCC. The number of aromatic nitrogens is 1. The van der Waals surface area contributed by atoms with E-state index >= 15 is 0 Å². The van der Waals surface area contributed by atoms with Crippen LogP contribution in [0.25, 0.3) is 11.1 Å². The Bertz CT molecular complexity index is 808. The van der Waals surface area contributed by atoms with Crippen LogP contribution in [0, 0.1) is 11.3 Å². The number of unbranched alkanes of at least 4 members (excludes halogenated alkanes) is 5. The number of para-hydroxylation sites is 1. The predicted molar refractivity (Wildman–Crippen MR) is 115 cm³/mol. The molecule has 0 fully saturated rings. The van der Waals surface area contributed by atoms with Gasteiger partial charge in [0.25, 0.3) is 5.82 Å². The maximum absolute atomic E-state index is 9.87.